The van der Waals surface area contributed by atoms with E-state index in [4.69, 9.17) is 4.42 Å². The number of amides is 1. The van der Waals surface area contributed by atoms with Gasteiger partial charge in [-0.25, -0.2) is 0 Å². The Hall–Kier alpha value is -2.29. The molecule has 2 rings (SSSR count). The van der Waals surface area contributed by atoms with E-state index in [1.54, 1.807) is 30.2 Å². The predicted molar refractivity (Wildman–Crippen MR) is 75.9 cm³/mol. The highest BCUT2D eigenvalue weighted by Gasteiger charge is 2.25. The average Bonchev–Trinajstić information content (AvgIpc) is 2.92. The van der Waals surface area contributed by atoms with Crippen LogP contribution in [0, 0.1) is 0 Å². The lowest BCUT2D eigenvalue weighted by Crippen LogP contribution is -2.32. The van der Waals surface area contributed by atoms with E-state index in [-0.39, 0.29) is 11.9 Å². The van der Waals surface area contributed by atoms with Gasteiger partial charge in [0.1, 0.15) is 0 Å². The molecular formula is C16H17NO2. The molecule has 0 aliphatic carbocycles. The molecule has 1 atom stereocenters. The summed E-state index contributed by atoms with van der Waals surface area (Å²) in [6.45, 7) is 5.32. The van der Waals surface area contributed by atoms with E-state index in [9.17, 15) is 4.79 Å². The van der Waals surface area contributed by atoms with Gasteiger partial charge in [-0.1, -0.05) is 36.4 Å². The van der Waals surface area contributed by atoms with Gasteiger partial charge in [-0.05, 0) is 18.1 Å². The lowest BCUT2D eigenvalue weighted by atomic mass is 10.0. The monoisotopic (exact) mass is 255 g/mol. The Morgan fingerprint density at radius 3 is 2.58 bits per heavy atom. The van der Waals surface area contributed by atoms with Crippen molar-refractivity contribution in [1.29, 1.82) is 0 Å². The Labute approximate surface area is 113 Å². The van der Waals surface area contributed by atoms with Gasteiger partial charge < -0.3 is 4.42 Å². The van der Waals surface area contributed by atoms with E-state index in [2.05, 4.69) is 6.58 Å². The molecule has 0 aliphatic rings. The molecule has 0 N–H and O–H groups in total. The molecule has 0 fully saturated rings. The second-order valence-electron chi connectivity index (χ2n) is 4.29. The molecule has 0 radical (unpaired) electrons. The first-order chi connectivity index (χ1) is 9.24. The minimum absolute atomic E-state index is 0.0503. The van der Waals surface area contributed by atoms with Crippen LogP contribution in [0.15, 0.2) is 65.8 Å². The van der Waals surface area contributed by atoms with Crippen LogP contribution in [0.4, 0.5) is 5.88 Å². The normalized spacial score (nSPS) is 11.8. The van der Waals surface area contributed by atoms with Crippen LogP contribution in [0.1, 0.15) is 24.9 Å². The Balaban J connectivity index is 2.41. The average molecular weight is 255 g/mol. The van der Waals surface area contributed by atoms with Gasteiger partial charge in [0.2, 0.25) is 11.8 Å². The topological polar surface area (TPSA) is 33.5 Å². The van der Waals surface area contributed by atoms with Gasteiger partial charge in [0.05, 0.1) is 12.3 Å². The van der Waals surface area contributed by atoms with Crippen LogP contribution in [0.3, 0.4) is 0 Å². The minimum atomic E-state index is -0.0950. The summed E-state index contributed by atoms with van der Waals surface area (Å²) in [5.74, 6) is 0.508. The fourth-order valence-electron chi connectivity index (χ4n) is 2.16. The number of carbonyl (C=O) groups is 1. The predicted octanol–water partition coefficient (Wildman–Crippen LogP) is 3.95. The molecule has 1 amide bonds. The standard InChI is InChI=1S/C16H17NO2/c1-3-8-15(14-9-5-4-6-10-14)17(13(2)18)16-11-7-12-19-16/h3-7,9-12,15H,1,8H2,2H3/t15-/m1/s1. The smallest absolute Gasteiger partial charge is 0.226 e. The summed E-state index contributed by atoms with van der Waals surface area (Å²) in [5.41, 5.74) is 1.06. The first-order valence-electron chi connectivity index (χ1n) is 6.23. The molecule has 1 aromatic heterocycles. The third-order valence-electron chi connectivity index (χ3n) is 2.97. The van der Waals surface area contributed by atoms with Crippen LogP contribution >= 0.6 is 0 Å². The Bertz CT molecular complexity index is 531. The lowest BCUT2D eigenvalue weighted by molar-refractivity contribution is -0.117. The fraction of sp³-hybridized carbons (Fsp3) is 0.188. The summed E-state index contributed by atoms with van der Waals surface area (Å²) in [6, 6.07) is 13.4. The third-order valence-corrected chi connectivity index (χ3v) is 2.97. The van der Waals surface area contributed by atoms with Gasteiger partial charge in [-0.3, -0.25) is 9.69 Å². The lowest BCUT2D eigenvalue weighted by Gasteiger charge is -2.28. The highest BCUT2D eigenvalue weighted by molar-refractivity contribution is 5.90. The number of anilines is 1. The van der Waals surface area contributed by atoms with Crippen molar-refractivity contribution in [2.75, 3.05) is 4.90 Å². The van der Waals surface area contributed by atoms with E-state index >= 15 is 0 Å². The summed E-state index contributed by atoms with van der Waals surface area (Å²) in [6.07, 6.45) is 4.06. The maximum absolute atomic E-state index is 12.0. The van der Waals surface area contributed by atoms with E-state index in [0.29, 0.717) is 12.3 Å². The zero-order chi connectivity index (χ0) is 13.7. The van der Waals surface area contributed by atoms with E-state index in [0.717, 1.165) is 5.56 Å². The molecular weight excluding hydrogens is 238 g/mol. The molecule has 98 valence electrons. The number of benzene rings is 1. The molecule has 2 aromatic rings. The van der Waals surface area contributed by atoms with Crippen LogP contribution in [0.2, 0.25) is 0 Å². The Morgan fingerprint density at radius 2 is 2.05 bits per heavy atom. The maximum Gasteiger partial charge on any atom is 0.226 e. The number of hydrogen-bond donors (Lipinski definition) is 0. The van der Waals surface area contributed by atoms with Gasteiger partial charge in [-0.2, -0.15) is 0 Å². The summed E-state index contributed by atoms with van der Waals surface area (Å²) in [5, 5.41) is 0. The van der Waals surface area contributed by atoms with Crippen molar-refractivity contribution in [3.8, 4) is 0 Å². The molecule has 0 unspecified atom stereocenters. The zero-order valence-corrected chi connectivity index (χ0v) is 11.0. The summed E-state index contributed by atoms with van der Waals surface area (Å²) in [4.78, 5) is 13.6. The third kappa shape index (κ3) is 2.94. The van der Waals surface area contributed by atoms with Crippen molar-refractivity contribution in [3.05, 3.63) is 66.9 Å². The Morgan fingerprint density at radius 1 is 1.32 bits per heavy atom. The van der Waals surface area contributed by atoms with Crippen LogP contribution in [0.5, 0.6) is 0 Å². The van der Waals surface area contributed by atoms with Crippen molar-refractivity contribution in [2.45, 2.75) is 19.4 Å². The molecule has 1 heterocycles. The van der Waals surface area contributed by atoms with Crippen LogP contribution in [0.25, 0.3) is 0 Å². The first kappa shape index (κ1) is 13.1. The molecule has 19 heavy (non-hydrogen) atoms. The molecule has 1 aromatic carbocycles. The summed E-state index contributed by atoms with van der Waals surface area (Å²) in [7, 11) is 0. The van der Waals surface area contributed by atoms with Gasteiger partial charge in [0, 0.05) is 13.0 Å². The van der Waals surface area contributed by atoms with Crippen molar-refractivity contribution in [2.24, 2.45) is 0 Å². The number of rotatable bonds is 5. The van der Waals surface area contributed by atoms with Crippen molar-refractivity contribution >= 4 is 11.8 Å². The summed E-state index contributed by atoms with van der Waals surface area (Å²) >= 11 is 0. The number of hydrogen-bond acceptors (Lipinski definition) is 2. The second kappa shape index (κ2) is 6.05. The zero-order valence-electron chi connectivity index (χ0n) is 11.0. The summed E-state index contributed by atoms with van der Waals surface area (Å²) < 4.78 is 5.38. The molecule has 0 bridgehead atoms. The number of nitrogens with zero attached hydrogens (tertiary/aromatic N) is 1. The van der Waals surface area contributed by atoms with Crippen LogP contribution in [-0.2, 0) is 4.79 Å². The molecule has 0 aliphatic heterocycles. The molecule has 3 heteroatoms. The Kier molecular flexibility index (Phi) is 4.18. The number of carbonyl (C=O) groups excluding carboxylic acids is 1. The first-order valence-corrected chi connectivity index (χ1v) is 6.23. The largest absolute Gasteiger partial charge is 0.448 e. The highest BCUT2D eigenvalue weighted by atomic mass is 16.3. The second-order valence-corrected chi connectivity index (χ2v) is 4.29. The van der Waals surface area contributed by atoms with Gasteiger partial charge in [0.25, 0.3) is 0 Å². The van der Waals surface area contributed by atoms with Crippen molar-refractivity contribution in [1.82, 2.24) is 0 Å². The van der Waals surface area contributed by atoms with Gasteiger partial charge in [0.15, 0.2) is 0 Å². The molecule has 0 saturated carbocycles. The van der Waals surface area contributed by atoms with Crippen LogP contribution < -0.4 is 4.90 Å². The highest BCUT2D eigenvalue weighted by Crippen LogP contribution is 2.30. The molecule has 0 spiro atoms. The minimum Gasteiger partial charge on any atom is -0.448 e. The fourth-order valence-corrected chi connectivity index (χ4v) is 2.16. The molecule has 3 nitrogen and oxygen atoms in total. The quantitative estimate of drug-likeness (QED) is 0.758. The molecule has 0 saturated heterocycles. The van der Waals surface area contributed by atoms with Gasteiger partial charge >= 0.3 is 0 Å². The van der Waals surface area contributed by atoms with E-state index in [1.165, 1.54) is 0 Å². The number of furan rings is 1. The van der Waals surface area contributed by atoms with E-state index in [1.807, 2.05) is 36.4 Å². The SMILES string of the molecule is C=CC[C@H](c1ccccc1)N(C(C)=O)c1ccco1. The van der Waals surface area contributed by atoms with Crippen LogP contribution in [-0.4, -0.2) is 5.91 Å². The maximum atomic E-state index is 12.0. The van der Waals surface area contributed by atoms with Gasteiger partial charge in [-0.15, -0.1) is 6.58 Å². The van der Waals surface area contributed by atoms with E-state index < -0.39 is 0 Å². The van der Waals surface area contributed by atoms with Crippen molar-refractivity contribution < 1.29 is 9.21 Å². The van der Waals surface area contributed by atoms with Crippen molar-refractivity contribution in [3.63, 3.8) is 0 Å².